The quantitative estimate of drug-likeness (QED) is 0.538. The molecule has 0 aliphatic heterocycles. The summed E-state index contributed by atoms with van der Waals surface area (Å²) in [7, 11) is 0. The fourth-order valence-electron chi connectivity index (χ4n) is 1.99. The molecule has 0 atom stereocenters. The van der Waals surface area contributed by atoms with Crippen molar-refractivity contribution < 1.29 is 4.79 Å². The van der Waals surface area contributed by atoms with E-state index in [2.05, 4.69) is 56.2 Å². The molecule has 1 N–H and O–H groups in total. The van der Waals surface area contributed by atoms with E-state index in [0.29, 0.717) is 4.88 Å². The molecule has 1 amide bonds. The van der Waals surface area contributed by atoms with Gasteiger partial charge in [-0.2, -0.15) is 0 Å². The lowest BCUT2D eigenvalue weighted by Gasteiger charge is -2.05. The summed E-state index contributed by atoms with van der Waals surface area (Å²) in [5, 5.41) is 2.92. The van der Waals surface area contributed by atoms with Crippen LogP contribution in [0.2, 0.25) is 0 Å². The summed E-state index contributed by atoms with van der Waals surface area (Å²) in [6.45, 7) is 2.21. The summed E-state index contributed by atoms with van der Waals surface area (Å²) in [5.74, 6) is -0.0786. The van der Waals surface area contributed by atoms with Crippen molar-refractivity contribution in [2.24, 2.45) is 0 Å². The van der Waals surface area contributed by atoms with Crippen molar-refractivity contribution in [2.45, 2.75) is 32.6 Å². The van der Waals surface area contributed by atoms with Gasteiger partial charge >= 0.3 is 0 Å². The number of hydrogen-bond donors (Lipinski definition) is 1. The minimum absolute atomic E-state index is 0.0786. The Morgan fingerprint density at radius 2 is 1.90 bits per heavy atom. The third-order valence-corrected chi connectivity index (χ3v) is 6.40. The largest absolute Gasteiger partial charge is 0.321 e. The summed E-state index contributed by atoms with van der Waals surface area (Å²) >= 11 is 8.21. The Morgan fingerprint density at radius 3 is 2.48 bits per heavy atom. The number of nitrogens with one attached hydrogen (secondary N) is 1. The molecule has 0 bridgehead atoms. The number of hydrogen-bond acceptors (Lipinski definition) is 2. The van der Waals surface area contributed by atoms with Crippen LogP contribution in [0.1, 0.15) is 41.4 Å². The van der Waals surface area contributed by atoms with Gasteiger partial charge in [0.15, 0.2) is 0 Å². The Hall–Kier alpha value is -0.650. The number of benzene rings is 1. The van der Waals surface area contributed by atoms with E-state index >= 15 is 0 Å². The molecule has 2 aromatic rings. The first-order valence-corrected chi connectivity index (χ1v) is 9.35. The number of rotatable bonds is 6. The molecule has 2 rings (SSSR count). The van der Waals surface area contributed by atoms with Crippen molar-refractivity contribution in [2.75, 3.05) is 5.32 Å². The zero-order valence-electron chi connectivity index (χ0n) is 11.8. The van der Waals surface area contributed by atoms with Gasteiger partial charge in [-0.3, -0.25) is 4.79 Å². The normalized spacial score (nSPS) is 10.6. The van der Waals surface area contributed by atoms with Gasteiger partial charge in [0, 0.05) is 10.2 Å². The van der Waals surface area contributed by atoms with Gasteiger partial charge in [-0.05, 0) is 68.5 Å². The van der Waals surface area contributed by atoms with Crippen molar-refractivity contribution in [1.29, 1.82) is 0 Å². The first-order chi connectivity index (χ1) is 10.1. The maximum atomic E-state index is 12.1. The lowest BCUT2D eigenvalue weighted by molar-refractivity contribution is 0.103. The maximum absolute atomic E-state index is 12.1. The van der Waals surface area contributed by atoms with Gasteiger partial charge < -0.3 is 5.32 Å². The molecule has 0 radical (unpaired) electrons. The van der Waals surface area contributed by atoms with Gasteiger partial charge in [0.25, 0.3) is 5.91 Å². The summed E-state index contributed by atoms with van der Waals surface area (Å²) < 4.78 is 1.84. The smallest absolute Gasteiger partial charge is 0.265 e. The number of unbranched alkanes of at least 4 members (excludes halogenated alkanes) is 2. The molecule has 0 aliphatic rings. The Labute approximate surface area is 146 Å². The molecule has 0 fully saturated rings. The highest BCUT2D eigenvalue weighted by atomic mass is 79.9. The molecule has 0 saturated carbocycles. The molecule has 1 heterocycles. The van der Waals surface area contributed by atoms with Crippen LogP contribution in [0.3, 0.4) is 0 Å². The van der Waals surface area contributed by atoms with Crippen LogP contribution in [0.15, 0.2) is 38.6 Å². The highest BCUT2D eigenvalue weighted by Gasteiger charge is 2.12. The number of amides is 1. The fraction of sp³-hybridized carbons (Fsp3) is 0.312. The first-order valence-electron chi connectivity index (χ1n) is 6.95. The molecule has 0 spiro atoms. The number of anilines is 1. The number of halogens is 2. The van der Waals surface area contributed by atoms with E-state index < -0.39 is 0 Å². The number of carbonyl (C=O) groups is 1. The molecular weight excluding hydrogens is 414 g/mol. The summed E-state index contributed by atoms with van der Waals surface area (Å²) in [5.41, 5.74) is 2.16. The highest BCUT2D eigenvalue weighted by Crippen LogP contribution is 2.32. The lowest BCUT2D eigenvalue weighted by Crippen LogP contribution is -2.09. The van der Waals surface area contributed by atoms with Gasteiger partial charge in [0.1, 0.15) is 0 Å². The average Bonchev–Trinajstić information content (AvgIpc) is 2.81. The molecular formula is C16H17Br2NOS. The van der Waals surface area contributed by atoms with Crippen LogP contribution in [0.5, 0.6) is 0 Å². The number of thiophene rings is 1. The predicted molar refractivity (Wildman–Crippen MR) is 97.3 cm³/mol. The summed E-state index contributed by atoms with van der Waals surface area (Å²) in [6.07, 6.45) is 4.83. The highest BCUT2D eigenvalue weighted by molar-refractivity contribution is 9.13. The Kier molecular flexibility index (Phi) is 6.45. The van der Waals surface area contributed by atoms with Gasteiger partial charge in [-0.15, -0.1) is 11.3 Å². The van der Waals surface area contributed by atoms with E-state index in [1.54, 1.807) is 0 Å². The number of carbonyl (C=O) groups excluding carboxylic acids is 1. The Morgan fingerprint density at radius 1 is 1.19 bits per heavy atom. The maximum Gasteiger partial charge on any atom is 0.265 e. The standard InChI is InChI=1S/C16H17Br2NOS/c1-2-3-4-5-11-6-8-12(9-7-11)19-16(20)14-10-13(17)15(18)21-14/h6-10H,2-5H2,1H3,(H,19,20). The topological polar surface area (TPSA) is 29.1 Å². The van der Waals surface area contributed by atoms with Crippen molar-refractivity contribution in [1.82, 2.24) is 0 Å². The number of aryl methyl sites for hydroxylation is 1. The van der Waals surface area contributed by atoms with Crippen LogP contribution < -0.4 is 5.32 Å². The van der Waals surface area contributed by atoms with Gasteiger partial charge in [-0.1, -0.05) is 31.9 Å². The van der Waals surface area contributed by atoms with Crippen LogP contribution in [-0.4, -0.2) is 5.91 Å². The monoisotopic (exact) mass is 429 g/mol. The molecule has 0 saturated heterocycles. The second kappa shape index (κ2) is 8.11. The van der Waals surface area contributed by atoms with Gasteiger partial charge in [0.05, 0.1) is 8.66 Å². The third-order valence-electron chi connectivity index (χ3n) is 3.15. The van der Waals surface area contributed by atoms with E-state index in [0.717, 1.165) is 20.4 Å². The van der Waals surface area contributed by atoms with Crippen LogP contribution >= 0.6 is 43.2 Å². The molecule has 0 unspecified atom stereocenters. The van der Waals surface area contributed by atoms with Crippen molar-refractivity contribution in [3.63, 3.8) is 0 Å². The van der Waals surface area contributed by atoms with Crippen molar-refractivity contribution in [3.8, 4) is 0 Å². The van der Waals surface area contributed by atoms with Crippen LogP contribution in [0.25, 0.3) is 0 Å². The minimum Gasteiger partial charge on any atom is -0.321 e. The van der Waals surface area contributed by atoms with E-state index in [1.165, 1.54) is 36.2 Å². The average molecular weight is 431 g/mol. The minimum atomic E-state index is -0.0786. The van der Waals surface area contributed by atoms with E-state index in [4.69, 9.17) is 0 Å². The van der Waals surface area contributed by atoms with Crippen LogP contribution in [0.4, 0.5) is 5.69 Å². The predicted octanol–water partition coefficient (Wildman–Crippen LogP) is 6.26. The second-order valence-electron chi connectivity index (χ2n) is 4.84. The second-order valence-corrected chi connectivity index (χ2v) is 8.06. The molecule has 1 aromatic carbocycles. The summed E-state index contributed by atoms with van der Waals surface area (Å²) in [6, 6.07) is 9.94. The van der Waals surface area contributed by atoms with Crippen LogP contribution in [0, 0.1) is 0 Å². The van der Waals surface area contributed by atoms with E-state index in [1.807, 2.05) is 18.2 Å². The molecule has 5 heteroatoms. The van der Waals surface area contributed by atoms with Gasteiger partial charge in [0.2, 0.25) is 0 Å². The molecule has 0 aliphatic carbocycles. The Bertz CT molecular complexity index is 588. The molecule has 2 nitrogen and oxygen atoms in total. The lowest BCUT2D eigenvalue weighted by atomic mass is 10.1. The van der Waals surface area contributed by atoms with Crippen molar-refractivity contribution >= 4 is 54.8 Å². The molecule has 1 aromatic heterocycles. The third kappa shape index (κ3) is 4.94. The first kappa shape index (κ1) is 16.7. The zero-order chi connectivity index (χ0) is 15.2. The summed E-state index contributed by atoms with van der Waals surface area (Å²) in [4.78, 5) is 12.8. The zero-order valence-corrected chi connectivity index (χ0v) is 15.8. The van der Waals surface area contributed by atoms with Gasteiger partial charge in [-0.25, -0.2) is 0 Å². The van der Waals surface area contributed by atoms with Crippen molar-refractivity contribution in [3.05, 3.63) is 49.0 Å². The molecule has 21 heavy (non-hydrogen) atoms. The molecule has 112 valence electrons. The fourth-order valence-corrected chi connectivity index (χ4v) is 3.92. The Balaban J connectivity index is 1.95. The van der Waals surface area contributed by atoms with E-state index in [9.17, 15) is 4.79 Å². The van der Waals surface area contributed by atoms with E-state index in [-0.39, 0.29) is 5.91 Å². The van der Waals surface area contributed by atoms with Crippen LogP contribution in [-0.2, 0) is 6.42 Å². The SMILES string of the molecule is CCCCCc1ccc(NC(=O)c2cc(Br)c(Br)s2)cc1.